The number of nitrogens with zero attached hydrogens (tertiary/aromatic N) is 2. The van der Waals surface area contributed by atoms with Gasteiger partial charge in [-0.2, -0.15) is 0 Å². The second-order valence-electron chi connectivity index (χ2n) is 8.81. The van der Waals surface area contributed by atoms with E-state index in [2.05, 4.69) is 23.1 Å². The average molecular weight is 645 g/mol. The summed E-state index contributed by atoms with van der Waals surface area (Å²) < 4.78 is 24.8. The van der Waals surface area contributed by atoms with Crippen LogP contribution in [0, 0.1) is 0 Å². The lowest BCUT2D eigenvalue weighted by atomic mass is 10.1. The molecule has 2 aromatic rings. The van der Waals surface area contributed by atoms with Crippen molar-refractivity contribution in [3.8, 4) is 22.6 Å². The monoisotopic (exact) mass is 644 g/mol. The Balaban J connectivity index is 1.27. The lowest BCUT2D eigenvalue weighted by Gasteiger charge is -2.18. The van der Waals surface area contributed by atoms with Crippen LogP contribution in [0.5, 0.6) is 11.5 Å². The van der Waals surface area contributed by atoms with Crippen LogP contribution in [-0.2, 0) is 19.1 Å². The van der Waals surface area contributed by atoms with E-state index in [4.69, 9.17) is 18.9 Å². The van der Waals surface area contributed by atoms with Crippen LogP contribution in [0.1, 0.15) is 0 Å². The van der Waals surface area contributed by atoms with Crippen molar-refractivity contribution in [2.24, 2.45) is 9.98 Å². The Kier molecular flexibility index (Phi) is 13.3. The molecule has 2 heterocycles. The van der Waals surface area contributed by atoms with Gasteiger partial charge in [0.15, 0.2) is 0 Å². The van der Waals surface area contributed by atoms with Gasteiger partial charge in [0.1, 0.15) is 45.7 Å². The molecule has 42 heavy (non-hydrogen) atoms. The summed E-state index contributed by atoms with van der Waals surface area (Å²) in [4.78, 5) is 32.4. The molecule has 12 heteroatoms. The highest BCUT2D eigenvalue weighted by atomic mass is 32.2. The van der Waals surface area contributed by atoms with Gasteiger partial charge >= 0.3 is 11.9 Å². The predicted molar refractivity (Wildman–Crippen MR) is 177 cm³/mol. The summed E-state index contributed by atoms with van der Waals surface area (Å²) in [5, 5.41) is 0. The molecule has 2 aliphatic rings. The molecule has 4 rings (SSSR count). The molecule has 0 bridgehead atoms. The second kappa shape index (κ2) is 17.3. The van der Waals surface area contributed by atoms with Crippen LogP contribution in [0.2, 0.25) is 0 Å². The van der Waals surface area contributed by atoms with Crippen molar-refractivity contribution < 1.29 is 28.5 Å². The van der Waals surface area contributed by atoms with Gasteiger partial charge in [0.25, 0.3) is 0 Å². The van der Waals surface area contributed by atoms with E-state index in [9.17, 15) is 9.59 Å². The number of carbonyl (C=O) groups is 2. The maximum absolute atomic E-state index is 11.8. The quantitative estimate of drug-likeness (QED) is 0.170. The first-order valence-electron chi connectivity index (χ1n) is 13.2. The normalized spacial score (nSPS) is 15.6. The van der Waals surface area contributed by atoms with Crippen molar-refractivity contribution in [3.63, 3.8) is 0 Å². The van der Waals surface area contributed by atoms with Gasteiger partial charge in [0.05, 0.1) is 13.1 Å². The van der Waals surface area contributed by atoms with E-state index in [1.54, 1.807) is 47.0 Å². The Morgan fingerprint density at radius 3 is 1.48 bits per heavy atom. The standard InChI is InChI=1S/C30H32N2O6S4/c1-3-27(33)37-25(19-41-29-31-13-15-39-29)17-35-23-9-5-21(6-10-23)22-7-11-24(12-8-22)36-18-26(38-28(34)4-2)20-42-30-32-14-16-40-30/h3-12,25-26H,1-2,13-20H2. The van der Waals surface area contributed by atoms with E-state index >= 15 is 0 Å². The molecular formula is C30H32N2O6S4. The molecule has 0 radical (unpaired) electrons. The van der Waals surface area contributed by atoms with Crippen LogP contribution in [0.15, 0.2) is 83.8 Å². The Morgan fingerprint density at radius 1 is 0.738 bits per heavy atom. The zero-order valence-electron chi connectivity index (χ0n) is 23.0. The Hall–Kier alpha value is -2.80. The number of thioether (sulfide) groups is 4. The second-order valence-corrected chi connectivity index (χ2v) is 13.5. The first-order valence-corrected chi connectivity index (χ1v) is 17.2. The van der Waals surface area contributed by atoms with Crippen LogP contribution < -0.4 is 9.47 Å². The number of aliphatic imine (C=N–C) groups is 2. The first-order chi connectivity index (χ1) is 20.5. The lowest BCUT2D eigenvalue weighted by molar-refractivity contribution is -0.144. The van der Waals surface area contributed by atoms with Crippen molar-refractivity contribution in [3.05, 3.63) is 73.8 Å². The third-order valence-corrected chi connectivity index (χ3v) is 10.5. The molecule has 2 atom stereocenters. The van der Waals surface area contributed by atoms with Crippen molar-refractivity contribution in [2.75, 3.05) is 49.3 Å². The third-order valence-electron chi connectivity index (χ3n) is 5.71. The van der Waals surface area contributed by atoms with Crippen LogP contribution in [0.4, 0.5) is 0 Å². The molecule has 0 saturated heterocycles. The van der Waals surface area contributed by atoms with Gasteiger partial charge in [-0.05, 0) is 35.4 Å². The van der Waals surface area contributed by atoms with E-state index in [-0.39, 0.29) is 13.2 Å². The van der Waals surface area contributed by atoms with Gasteiger partial charge in [-0.15, -0.1) is 0 Å². The summed E-state index contributed by atoms with van der Waals surface area (Å²) in [6.45, 7) is 9.07. The van der Waals surface area contributed by atoms with Crippen molar-refractivity contribution >= 4 is 67.7 Å². The van der Waals surface area contributed by atoms with Gasteiger partial charge < -0.3 is 18.9 Å². The van der Waals surface area contributed by atoms with Gasteiger partial charge in [0.2, 0.25) is 0 Å². The molecule has 222 valence electrons. The molecular weight excluding hydrogens is 613 g/mol. The fourth-order valence-corrected chi connectivity index (χ4v) is 7.66. The molecule has 0 amide bonds. The van der Waals surface area contributed by atoms with E-state index in [0.717, 1.165) is 56.6 Å². The molecule has 0 fully saturated rings. The number of benzene rings is 2. The van der Waals surface area contributed by atoms with Gasteiger partial charge in [-0.25, -0.2) is 9.59 Å². The highest BCUT2D eigenvalue weighted by molar-refractivity contribution is 8.39. The van der Waals surface area contributed by atoms with Crippen LogP contribution in [0.3, 0.4) is 0 Å². The third kappa shape index (κ3) is 10.8. The molecule has 2 unspecified atom stereocenters. The summed E-state index contributed by atoms with van der Waals surface area (Å²) in [6.07, 6.45) is 1.47. The SMILES string of the molecule is C=CC(=O)OC(COc1ccc(-c2ccc(OCC(CSC3=NCCS3)OC(=O)C=C)cc2)cc1)CSC1=NCCS1. The van der Waals surface area contributed by atoms with E-state index in [1.807, 2.05) is 48.5 Å². The minimum atomic E-state index is -0.474. The highest BCUT2D eigenvalue weighted by Crippen LogP contribution is 2.27. The van der Waals surface area contributed by atoms with Crippen molar-refractivity contribution in [1.29, 1.82) is 0 Å². The van der Waals surface area contributed by atoms with E-state index in [1.165, 1.54) is 0 Å². The predicted octanol–water partition coefficient (Wildman–Crippen LogP) is 5.98. The fraction of sp³-hybridized carbons (Fsp3) is 0.333. The molecule has 0 aliphatic carbocycles. The number of ether oxygens (including phenoxy) is 4. The Labute approximate surface area is 263 Å². The fourth-order valence-electron chi connectivity index (χ4n) is 3.66. The molecule has 0 N–H and O–H groups in total. The average Bonchev–Trinajstić information content (AvgIpc) is 3.75. The Bertz CT molecular complexity index is 1180. The zero-order chi connectivity index (χ0) is 29.6. The minimum Gasteiger partial charge on any atom is -0.490 e. The number of carbonyl (C=O) groups excluding carboxylic acids is 2. The molecule has 2 aliphatic heterocycles. The summed E-state index contributed by atoms with van der Waals surface area (Å²) in [5.41, 5.74) is 2.03. The smallest absolute Gasteiger partial charge is 0.330 e. The topological polar surface area (TPSA) is 95.8 Å². The number of hydrogen-bond acceptors (Lipinski definition) is 12. The Morgan fingerprint density at radius 2 is 1.14 bits per heavy atom. The molecule has 0 spiro atoms. The summed E-state index contributed by atoms with van der Waals surface area (Å²) in [6, 6.07) is 15.4. The van der Waals surface area contributed by atoms with E-state index in [0.29, 0.717) is 23.0 Å². The molecule has 8 nitrogen and oxygen atoms in total. The summed E-state index contributed by atoms with van der Waals surface area (Å²) in [5.74, 6) is 3.50. The lowest BCUT2D eigenvalue weighted by Crippen LogP contribution is -2.27. The molecule has 0 aromatic heterocycles. The molecule has 2 aromatic carbocycles. The number of hydrogen-bond donors (Lipinski definition) is 0. The first kappa shape index (κ1) is 32.1. The maximum Gasteiger partial charge on any atom is 0.330 e. The van der Waals surface area contributed by atoms with Gasteiger partial charge in [-0.3, -0.25) is 9.98 Å². The van der Waals surface area contributed by atoms with Crippen LogP contribution in [-0.4, -0.2) is 82.2 Å². The summed E-state index contributed by atoms with van der Waals surface area (Å²) in [7, 11) is 0. The van der Waals surface area contributed by atoms with Crippen LogP contribution >= 0.6 is 47.0 Å². The zero-order valence-corrected chi connectivity index (χ0v) is 26.2. The highest BCUT2D eigenvalue weighted by Gasteiger charge is 2.19. The summed E-state index contributed by atoms with van der Waals surface area (Å²) >= 11 is 6.58. The number of rotatable bonds is 15. The van der Waals surface area contributed by atoms with Gasteiger partial charge in [0, 0.05) is 35.2 Å². The minimum absolute atomic E-state index is 0.227. The number of esters is 2. The van der Waals surface area contributed by atoms with E-state index < -0.39 is 24.1 Å². The van der Waals surface area contributed by atoms with Crippen LogP contribution in [0.25, 0.3) is 11.1 Å². The van der Waals surface area contributed by atoms with Gasteiger partial charge in [-0.1, -0.05) is 84.5 Å². The molecule has 0 saturated carbocycles. The maximum atomic E-state index is 11.8. The largest absolute Gasteiger partial charge is 0.490 e. The van der Waals surface area contributed by atoms with Crippen molar-refractivity contribution in [2.45, 2.75) is 12.2 Å². The van der Waals surface area contributed by atoms with Crippen molar-refractivity contribution in [1.82, 2.24) is 0 Å².